The molecule has 1 aromatic heterocycles. The summed E-state index contributed by atoms with van der Waals surface area (Å²) in [6.45, 7) is 0. The van der Waals surface area contributed by atoms with Gasteiger partial charge >= 0.3 is 0 Å². The number of aromatic nitrogens is 1. The Balaban J connectivity index is 2.68. The fourth-order valence-corrected chi connectivity index (χ4v) is 1.34. The van der Waals surface area contributed by atoms with Crippen LogP contribution in [0.25, 0.3) is 6.08 Å². The molecular formula is C9H10BrNS. The molecule has 0 aliphatic heterocycles. The van der Waals surface area contributed by atoms with Crippen LogP contribution in [-0.2, 0) is 0 Å². The number of thiol groups is 1. The number of allylic oxidation sites excluding steroid dienone is 1. The zero-order valence-electron chi connectivity index (χ0n) is 6.57. The van der Waals surface area contributed by atoms with Crippen molar-refractivity contribution in [3.8, 4) is 0 Å². The van der Waals surface area contributed by atoms with E-state index in [0.717, 1.165) is 22.3 Å². The Labute approximate surface area is 86.4 Å². The smallest absolute Gasteiger partial charge is 0.113 e. The first-order valence-electron chi connectivity index (χ1n) is 3.72. The monoisotopic (exact) mass is 243 g/mol. The van der Waals surface area contributed by atoms with Gasteiger partial charge in [-0.3, -0.25) is 0 Å². The predicted molar refractivity (Wildman–Crippen MR) is 59.4 cm³/mol. The lowest BCUT2D eigenvalue weighted by atomic mass is 10.2. The average Bonchev–Trinajstić information content (AvgIpc) is 2.09. The van der Waals surface area contributed by atoms with Crippen molar-refractivity contribution < 1.29 is 0 Å². The Kier molecular flexibility index (Phi) is 4.40. The second-order valence-corrected chi connectivity index (χ2v) is 3.50. The largest absolute Gasteiger partial charge is 0.249 e. The predicted octanol–water partition coefficient (Wildman–Crippen LogP) is 3.18. The second-order valence-electron chi connectivity index (χ2n) is 2.30. The molecular weight excluding hydrogens is 234 g/mol. The molecule has 1 nitrogen and oxygen atoms in total. The van der Waals surface area contributed by atoms with Gasteiger partial charge in [0.15, 0.2) is 0 Å². The van der Waals surface area contributed by atoms with Crippen LogP contribution in [0.3, 0.4) is 0 Å². The third-order valence-electron chi connectivity index (χ3n) is 1.38. The lowest BCUT2D eigenvalue weighted by Crippen LogP contribution is -1.78. The minimum atomic E-state index is 0.883. The summed E-state index contributed by atoms with van der Waals surface area (Å²) < 4.78 is 0.889. The molecule has 0 aliphatic carbocycles. The minimum absolute atomic E-state index is 0.883. The standard InChI is InChI=1S/C9H10BrNS/c10-9-8(4-1-2-7-12)5-3-6-11-9/h1,3-6,12H,2,7H2. The van der Waals surface area contributed by atoms with Gasteiger partial charge in [-0.05, 0) is 34.2 Å². The molecule has 12 heavy (non-hydrogen) atoms. The van der Waals surface area contributed by atoms with Crippen molar-refractivity contribution in [2.45, 2.75) is 6.42 Å². The van der Waals surface area contributed by atoms with Gasteiger partial charge in [0.2, 0.25) is 0 Å². The molecule has 0 fully saturated rings. The third-order valence-corrected chi connectivity index (χ3v) is 2.30. The molecule has 0 bridgehead atoms. The number of hydrogen-bond donors (Lipinski definition) is 1. The normalized spacial score (nSPS) is 10.8. The maximum atomic E-state index is 4.11. The first-order valence-corrected chi connectivity index (χ1v) is 5.15. The maximum Gasteiger partial charge on any atom is 0.113 e. The molecule has 0 amide bonds. The van der Waals surface area contributed by atoms with Crippen molar-refractivity contribution in [2.75, 3.05) is 5.75 Å². The van der Waals surface area contributed by atoms with E-state index in [1.165, 1.54) is 0 Å². The summed E-state index contributed by atoms with van der Waals surface area (Å²) in [6.07, 6.45) is 6.90. The van der Waals surface area contributed by atoms with E-state index in [9.17, 15) is 0 Å². The van der Waals surface area contributed by atoms with Crippen LogP contribution >= 0.6 is 28.6 Å². The quantitative estimate of drug-likeness (QED) is 0.636. The van der Waals surface area contributed by atoms with Gasteiger partial charge in [-0.1, -0.05) is 18.2 Å². The van der Waals surface area contributed by atoms with E-state index in [-0.39, 0.29) is 0 Å². The molecule has 0 atom stereocenters. The van der Waals surface area contributed by atoms with E-state index in [4.69, 9.17) is 0 Å². The van der Waals surface area contributed by atoms with E-state index in [0.29, 0.717) is 0 Å². The Bertz CT molecular complexity index is 273. The highest BCUT2D eigenvalue weighted by Crippen LogP contribution is 2.14. The highest BCUT2D eigenvalue weighted by molar-refractivity contribution is 9.10. The summed E-state index contributed by atoms with van der Waals surface area (Å²) in [5.41, 5.74) is 1.11. The first-order chi connectivity index (χ1) is 5.84. The lowest BCUT2D eigenvalue weighted by Gasteiger charge is -1.94. The summed E-state index contributed by atoms with van der Waals surface area (Å²) in [6, 6.07) is 3.94. The number of hydrogen-bond acceptors (Lipinski definition) is 2. The fourth-order valence-electron chi connectivity index (χ4n) is 0.808. The molecule has 0 aliphatic rings. The maximum absolute atomic E-state index is 4.11. The number of pyridine rings is 1. The van der Waals surface area contributed by atoms with E-state index >= 15 is 0 Å². The fraction of sp³-hybridized carbons (Fsp3) is 0.222. The average molecular weight is 244 g/mol. The SMILES string of the molecule is SCCC=Cc1cccnc1Br. The summed E-state index contributed by atoms with van der Waals surface area (Å²) in [5, 5.41) is 0. The Morgan fingerprint density at radius 2 is 2.42 bits per heavy atom. The second kappa shape index (κ2) is 5.38. The van der Waals surface area contributed by atoms with E-state index in [1.54, 1.807) is 6.20 Å². The van der Waals surface area contributed by atoms with Crippen LogP contribution < -0.4 is 0 Å². The van der Waals surface area contributed by atoms with Gasteiger partial charge in [-0.25, -0.2) is 4.98 Å². The van der Waals surface area contributed by atoms with Gasteiger partial charge in [0.1, 0.15) is 4.60 Å². The summed E-state index contributed by atoms with van der Waals surface area (Å²) >= 11 is 7.48. The Morgan fingerprint density at radius 3 is 3.08 bits per heavy atom. The van der Waals surface area contributed by atoms with Crippen LogP contribution in [0.1, 0.15) is 12.0 Å². The molecule has 0 N–H and O–H groups in total. The third kappa shape index (κ3) is 2.99. The summed E-state index contributed by atoms with van der Waals surface area (Å²) in [4.78, 5) is 4.10. The molecule has 0 radical (unpaired) electrons. The van der Waals surface area contributed by atoms with Crippen LogP contribution in [0.5, 0.6) is 0 Å². The van der Waals surface area contributed by atoms with Gasteiger partial charge < -0.3 is 0 Å². The Hall–Kier alpha value is -0.280. The molecule has 0 saturated heterocycles. The minimum Gasteiger partial charge on any atom is -0.249 e. The van der Waals surface area contributed by atoms with Crippen LogP contribution in [-0.4, -0.2) is 10.7 Å². The van der Waals surface area contributed by atoms with Crippen molar-refractivity contribution >= 4 is 34.6 Å². The summed E-state index contributed by atoms with van der Waals surface area (Å²) in [7, 11) is 0. The van der Waals surface area contributed by atoms with Crippen LogP contribution in [0.2, 0.25) is 0 Å². The van der Waals surface area contributed by atoms with Crippen molar-refractivity contribution in [1.82, 2.24) is 4.98 Å². The van der Waals surface area contributed by atoms with Crippen molar-refractivity contribution in [3.05, 3.63) is 34.6 Å². The van der Waals surface area contributed by atoms with Crippen LogP contribution in [0.15, 0.2) is 29.0 Å². The van der Waals surface area contributed by atoms with Gasteiger partial charge in [0.25, 0.3) is 0 Å². The van der Waals surface area contributed by atoms with Crippen LogP contribution in [0, 0.1) is 0 Å². The van der Waals surface area contributed by atoms with Gasteiger partial charge in [-0.15, -0.1) is 0 Å². The Morgan fingerprint density at radius 1 is 1.58 bits per heavy atom. The molecule has 0 spiro atoms. The van der Waals surface area contributed by atoms with Crippen molar-refractivity contribution in [2.24, 2.45) is 0 Å². The number of nitrogens with zero attached hydrogens (tertiary/aromatic N) is 1. The molecule has 0 unspecified atom stereocenters. The topological polar surface area (TPSA) is 12.9 Å². The molecule has 1 heterocycles. The van der Waals surface area contributed by atoms with Gasteiger partial charge in [0.05, 0.1) is 0 Å². The summed E-state index contributed by atoms with van der Waals surface area (Å²) in [5.74, 6) is 0.883. The molecule has 64 valence electrons. The van der Waals surface area contributed by atoms with Crippen molar-refractivity contribution in [3.63, 3.8) is 0 Å². The van der Waals surface area contributed by atoms with E-state index in [2.05, 4.69) is 39.6 Å². The number of rotatable bonds is 3. The highest BCUT2D eigenvalue weighted by atomic mass is 79.9. The zero-order chi connectivity index (χ0) is 8.81. The van der Waals surface area contributed by atoms with E-state index in [1.807, 2.05) is 18.2 Å². The van der Waals surface area contributed by atoms with Gasteiger partial charge in [-0.2, -0.15) is 12.6 Å². The number of halogens is 1. The molecule has 1 rings (SSSR count). The van der Waals surface area contributed by atoms with Crippen molar-refractivity contribution in [1.29, 1.82) is 0 Å². The van der Waals surface area contributed by atoms with Gasteiger partial charge in [0, 0.05) is 11.8 Å². The van der Waals surface area contributed by atoms with Crippen LogP contribution in [0.4, 0.5) is 0 Å². The molecule has 3 heteroatoms. The molecule has 0 aromatic carbocycles. The zero-order valence-corrected chi connectivity index (χ0v) is 9.05. The highest BCUT2D eigenvalue weighted by Gasteiger charge is 1.92. The molecule has 0 saturated carbocycles. The molecule has 1 aromatic rings. The first kappa shape index (κ1) is 9.81. The van der Waals surface area contributed by atoms with E-state index < -0.39 is 0 Å². The lowest BCUT2D eigenvalue weighted by molar-refractivity contribution is 1.24.